The fourth-order valence-corrected chi connectivity index (χ4v) is 4.36. The van der Waals surface area contributed by atoms with E-state index in [2.05, 4.69) is 17.2 Å². The van der Waals surface area contributed by atoms with E-state index >= 15 is 0 Å². The molecule has 0 bridgehead atoms. The number of aryl methyl sites for hydroxylation is 1. The van der Waals surface area contributed by atoms with Gasteiger partial charge in [-0.3, -0.25) is 14.4 Å². The van der Waals surface area contributed by atoms with Gasteiger partial charge in [0.25, 0.3) is 0 Å². The first kappa shape index (κ1) is 27.6. The van der Waals surface area contributed by atoms with Gasteiger partial charge in [-0.25, -0.2) is 4.98 Å². The van der Waals surface area contributed by atoms with E-state index in [1.165, 1.54) is 11.8 Å². The van der Waals surface area contributed by atoms with Crippen LogP contribution in [0.4, 0.5) is 0 Å². The number of hydrogen-bond donors (Lipinski definition) is 2. The van der Waals surface area contributed by atoms with Gasteiger partial charge < -0.3 is 20.5 Å². The molecule has 2 atom stereocenters. The van der Waals surface area contributed by atoms with Gasteiger partial charge in [-0.15, -0.1) is 0 Å². The second-order valence-electron chi connectivity index (χ2n) is 9.33. The number of aromatic nitrogens is 2. The molecule has 196 valence electrons. The number of carbonyl (C=O) groups is 3. The summed E-state index contributed by atoms with van der Waals surface area (Å²) >= 11 is 0. The summed E-state index contributed by atoms with van der Waals surface area (Å²) in [6.07, 6.45) is 7.44. The zero-order valence-electron chi connectivity index (χ0n) is 21.7. The molecular weight excluding hydrogens is 466 g/mol. The van der Waals surface area contributed by atoms with Crippen LogP contribution in [0.5, 0.6) is 0 Å². The summed E-state index contributed by atoms with van der Waals surface area (Å²) in [5.74, 6) is -1.31. The molecule has 0 fully saturated rings. The van der Waals surface area contributed by atoms with Crippen LogP contribution in [0.1, 0.15) is 49.9 Å². The fraction of sp³-hybridized carbons (Fsp3) is 0.379. The molecule has 0 radical (unpaired) electrons. The highest BCUT2D eigenvalue weighted by atomic mass is 16.2. The van der Waals surface area contributed by atoms with Gasteiger partial charge in [0, 0.05) is 39.1 Å². The number of nitrogens with one attached hydrogen (secondary N) is 1. The first-order valence-electron chi connectivity index (χ1n) is 12.8. The number of benzene rings is 2. The van der Waals surface area contributed by atoms with Gasteiger partial charge in [-0.2, -0.15) is 0 Å². The highest BCUT2D eigenvalue weighted by Gasteiger charge is 2.34. The van der Waals surface area contributed by atoms with Crippen molar-refractivity contribution in [2.45, 2.75) is 71.1 Å². The van der Waals surface area contributed by atoms with Crippen molar-refractivity contribution in [1.29, 1.82) is 0 Å². The third kappa shape index (κ3) is 8.59. The van der Waals surface area contributed by atoms with Crippen molar-refractivity contribution in [2.75, 3.05) is 0 Å². The van der Waals surface area contributed by atoms with E-state index in [9.17, 15) is 14.4 Å². The van der Waals surface area contributed by atoms with Crippen LogP contribution >= 0.6 is 0 Å². The molecule has 0 saturated carbocycles. The van der Waals surface area contributed by atoms with Crippen molar-refractivity contribution in [3.63, 3.8) is 0 Å². The Morgan fingerprint density at radius 3 is 2.22 bits per heavy atom. The number of unbranched alkanes of at least 4 members (excludes halogenated alkanes) is 2. The average molecular weight is 504 g/mol. The summed E-state index contributed by atoms with van der Waals surface area (Å²) in [5, 5.41) is 2.78. The summed E-state index contributed by atoms with van der Waals surface area (Å²) in [6, 6.07) is 17.1. The lowest BCUT2D eigenvalue weighted by atomic mass is 10.0. The third-order valence-electron chi connectivity index (χ3n) is 6.25. The van der Waals surface area contributed by atoms with Gasteiger partial charge in [0.1, 0.15) is 12.1 Å². The molecule has 37 heavy (non-hydrogen) atoms. The Morgan fingerprint density at radius 1 is 0.973 bits per heavy atom. The molecule has 3 rings (SSSR count). The second kappa shape index (κ2) is 14.0. The molecular formula is C29H37N5O3. The molecule has 0 saturated heterocycles. The third-order valence-corrected chi connectivity index (χ3v) is 6.25. The van der Waals surface area contributed by atoms with Crippen LogP contribution in [0.15, 0.2) is 73.2 Å². The Morgan fingerprint density at radius 2 is 1.62 bits per heavy atom. The van der Waals surface area contributed by atoms with Gasteiger partial charge in [0.15, 0.2) is 0 Å². The summed E-state index contributed by atoms with van der Waals surface area (Å²) in [6.45, 7) is 4.55. The Labute approximate surface area is 218 Å². The van der Waals surface area contributed by atoms with Crippen LogP contribution < -0.4 is 11.1 Å². The van der Waals surface area contributed by atoms with Gasteiger partial charge in [0.2, 0.25) is 17.7 Å². The van der Waals surface area contributed by atoms with E-state index in [0.29, 0.717) is 12.1 Å². The molecule has 3 aromatic rings. The average Bonchev–Trinajstić information content (AvgIpc) is 3.33. The standard InChI is InChI=1S/C29H37N5O3/c1-3-4-11-16-33-20-25(31-21-33)18-27(28(30)36)34(19-24-14-9-6-10-15-24)29(37)26(32-22(2)35)17-23-12-7-5-8-13-23/h5-10,12-15,20-21,26-27H,3-4,11,16-19H2,1-2H3,(H2,30,36)(H,32,35)/t26-,27-/m0/s1. The number of imidazole rings is 1. The normalized spacial score (nSPS) is 12.5. The molecule has 8 heteroatoms. The zero-order chi connectivity index (χ0) is 26.6. The van der Waals surface area contributed by atoms with Gasteiger partial charge >= 0.3 is 0 Å². The summed E-state index contributed by atoms with van der Waals surface area (Å²) in [7, 11) is 0. The maximum Gasteiger partial charge on any atom is 0.246 e. The van der Waals surface area contributed by atoms with Crippen LogP contribution in [-0.4, -0.2) is 44.3 Å². The van der Waals surface area contributed by atoms with Crippen molar-refractivity contribution in [1.82, 2.24) is 19.8 Å². The maximum atomic E-state index is 14.0. The lowest BCUT2D eigenvalue weighted by Crippen LogP contribution is -2.56. The Bertz CT molecular complexity index is 1150. The maximum absolute atomic E-state index is 14.0. The number of carbonyl (C=O) groups excluding carboxylic acids is 3. The topological polar surface area (TPSA) is 110 Å². The molecule has 1 heterocycles. The molecule has 0 aliphatic heterocycles. The quantitative estimate of drug-likeness (QED) is 0.329. The lowest BCUT2D eigenvalue weighted by molar-refractivity contribution is -0.143. The number of nitrogens with zero attached hydrogens (tertiary/aromatic N) is 3. The van der Waals surface area contributed by atoms with Crippen molar-refractivity contribution >= 4 is 17.7 Å². The van der Waals surface area contributed by atoms with Crippen LogP contribution in [0, 0.1) is 0 Å². The van der Waals surface area contributed by atoms with E-state index in [4.69, 9.17) is 5.73 Å². The molecule has 0 aliphatic rings. The van der Waals surface area contributed by atoms with Crippen LogP contribution in [0.25, 0.3) is 0 Å². The molecule has 3 N–H and O–H groups in total. The molecule has 0 aliphatic carbocycles. The molecule has 3 amide bonds. The van der Waals surface area contributed by atoms with Crippen LogP contribution in [-0.2, 0) is 40.3 Å². The van der Waals surface area contributed by atoms with Gasteiger partial charge in [-0.1, -0.05) is 80.4 Å². The van der Waals surface area contributed by atoms with Crippen LogP contribution in [0.2, 0.25) is 0 Å². The van der Waals surface area contributed by atoms with Gasteiger partial charge in [0.05, 0.1) is 12.0 Å². The van der Waals surface area contributed by atoms with E-state index in [0.717, 1.165) is 36.9 Å². The van der Waals surface area contributed by atoms with Gasteiger partial charge in [-0.05, 0) is 17.5 Å². The summed E-state index contributed by atoms with van der Waals surface area (Å²) in [4.78, 5) is 44.8. The number of amides is 3. The van der Waals surface area contributed by atoms with Crippen molar-refractivity contribution in [3.8, 4) is 0 Å². The first-order chi connectivity index (χ1) is 17.9. The Kier molecular flexibility index (Phi) is 10.4. The van der Waals surface area contributed by atoms with Crippen molar-refractivity contribution in [3.05, 3.63) is 90.0 Å². The van der Waals surface area contributed by atoms with E-state index in [-0.39, 0.29) is 24.8 Å². The SMILES string of the molecule is CCCCCn1cnc(C[C@@H](C(N)=O)N(Cc2ccccc2)C(=O)[C@H](Cc2ccccc2)NC(C)=O)c1. The minimum atomic E-state index is -0.932. The molecule has 8 nitrogen and oxygen atoms in total. The highest BCUT2D eigenvalue weighted by Crippen LogP contribution is 2.17. The zero-order valence-corrected chi connectivity index (χ0v) is 21.7. The Hall–Kier alpha value is -3.94. The summed E-state index contributed by atoms with van der Waals surface area (Å²) < 4.78 is 2.00. The molecule has 0 spiro atoms. The second-order valence-corrected chi connectivity index (χ2v) is 9.33. The summed E-state index contributed by atoms with van der Waals surface area (Å²) in [5.41, 5.74) is 8.32. The van der Waals surface area contributed by atoms with Crippen LogP contribution in [0.3, 0.4) is 0 Å². The van der Waals surface area contributed by atoms with E-state index in [1.807, 2.05) is 71.4 Å². The smallest absolute Gasteiger partial charge is 0.246 e. The fourth-order valence-electron chi connectivity index (χ4n) is 4.36. The minimum Gasteiger partial charge on any atom is -0.368 e. The highest BCUT2D eigenvalue weighted by molar-refractivity contribution is 5.91. The number of hydrogen-bond acceptors (Lipinski definition) is 4. The first-order valence-corrected chi connectivity index (χ1v) is 12.8. The van der Waals surface area contributed by atoms with E-state index < -0.39 is 18.0 Å². The Balaban J connectivity index is 1.90. The molecule has 1 aromatic heterocycles. The largest absolute Gasteiger partial charge is 0.368 e. The number of primary amides is 1. The van der Waals surface area contributed by atoms with Crippen molar-refractivity contribution in [2.24, 2.45) is 5.73 Å². The predicted molar refractivity (Wildman–Crippen MR) is 143 cm³/mol. The number of nitrogens with two attached hydrogens (primary N) is 1. The van der Waals surface area contributed by atoms with E-state index in [1.54, 1.807) is 6.33 Å². The molecule has 0 unspecified atom stereocenters. The molecule has 2 aromatic carbocycles. The van der Waals surface area contributed by atoms with Crippen molar-refractivity contribution < 1.29 is 14.4 Å². The number of rotatable bonds is 14. The minimum absolute atomic E-state index is 0.176. The monoisotopic (exact) mass is 503 g/mol. The predicted octanol–water partition coefficient (Wildman–Crippen LogP) is 3.25. The lowest BCUT2D eigenvalue weighted by Gasteiger charge is -2.33.